The lowest BCUT2D eigenvalue weighted by Crippen LogP contribution is -2.45. The van der Waals surface area contributed by atoms with Crippen molar-refractivity contribution >= 4 is 31.9 Å². The molecule has 1 fully saturated rings. The van der Waals surface area contributed by atoms with Gasteiger partial charge in [0, 0.05) is 33.1 Å². The minimum Gasteiger partial charge on any atom is -0.496 e. The molecule has 0 amide bonds. The van der Waals surface area contributed by atoms with Gasteiger partial charge in [0.1, 0.15) is 11.5 Å². The maximum Gasteiger partial charge on any atom is 0.573 e. The van der Waals surface area contributed by atoms with E-state index in [1.807, 2.05) is 6.07 Å². The SMILES string of the molecule is COc1ccc(OC(F)(F)F)cc1CN[C@@H]1CCCN[C@@H]1c1cc(Br)cc(Br)c1. The van der Waals surface area contributed by atoms with E-state index in [1.54, 1.807) is 0 Å². The minimum absolute atomic E-state index is 0.0816. The van der Waals surface area contributed by atoms with Crippen molar-refractivity contribution in [2.24, 2.45) is 0 Å². The van der Waals surface area contributed by atoms with E-state index >= 15 is 0 Å². The van der Waals surface area contributed by atoms with Crippen LogP contribution in [-0.2, 0) is 6.54 Å². The van der Waals surface area contributed by atoms with Crippen LogP contribution in [0, 0.1) is 0 Å². The van der Waals surface area contributed by atoms with Crippen LogP contribution < -0.4 is 20.1 Å². The van der Waals surface area contributed by atoms with Gasteiger partial charge in [-0.2, -0.15) is 0 Å². The highest BCUT2D eigenvalue weighted by Gasteiger charge is 2.31. The van der Waals surface area contributed by atoms with Crippen molar-refractivity contribution in [1.82, 2.24) is 10.6 Å². The smallest absolute Gasteiger partial charge is 0.496 e. The number of benzene rings is 2. The molecule has 0 aromatic heterocycles. The van der Waals surface area contributed by atoms with Gasteiger partial charge in [-0.3, -0.25) is 0 Å². The molecule has 4 nitrogen and oxygen atoms in total. The standard InChI is InChI=1S/C20H21Br2F3N2O2/c1-28-18-5-4-16(29-20(23,24)25)9-13(18)11-27-17-3-2-6-26-19(17)12-7-14(21)10-15(22)8-12/h4-5,7-10,17,19,26-27H,2-3,6,11H2,1H3/t17-,19-/m1/s1. The first-order chi connectivity index (χ1) is 13.7. The Labute approximate surface area is 184 Å². The Morgan fingerprint density at radius 2 is 1.86 bits per heavy atom. The van der Waals surface area contributed by atoms with Crippen molar-refractivity contribution in [2.75, 3.05) is 13.7 Å². The molecule has 158 valence electrons. The molecule has 2 atom stereocenters. The summed E-state index contributed by atoms with van der Waals surface area (Å²) < 4.78 is 49.0. The van der Waals surface area contributed by atoms with E-state index in [0.29, 0.717) is 17.9 Å². The average molecular weight is 538 g/mol. The molecule has 3 rings (SSSR count). The van der Waals surface area contributed by atoms with E-state index in [-0.39, 0.29) is 17.8 Å². The number of nitrogens with one attached hydrogen (secondary N) is 2. The summed E-state index contributed by atoms with van der Waals surface area (Å²) >= 11 is 7.05. The molecule has 2 N–H and O–H groups in total. The van der Waals surface area contributed by atoms with E-state index in [4.69, 9.17) is 4.74 Å². The molecule has 1 saturated heterocycles. The molecule has 1 heterocycles. The molecule has 29 heavy (non-hydrogen) atoms. The summed E-state index contributed by atoms with van der Waals surface area (Å²) in [5, 5.41) is 7.02. The third-order valence-corrected chi connectivity index (χ3v) is 5.66. The lowest BCUT2D eigenvalue weighted by Gasteiger charge is -2.34. The molecular weight excluding hydrogens is 517 g/mol. The summed E-state index contributed by atoms with van der Waals surface area (Å²) in [7, 11) is 1.49. The number of methoxy groups -OCH3 is 1. The van der Waals surface area contributed by atoms with Crippen LogP contribution in [0.5, 0.6) is 11.5 Å². The third-order valence-electron chi connectivity index (χ3n) is 4.74. The van der Waals surface area contributed by atoms with Gasteiger partial charge in [-0.25, -0.2) is 0 Å². The molecule has 0 radical (unpaired) electrons. The van der Waals surface area contributed by atoms with Crippen molar-refractivity contribution in [3.05, 3.63) is 56.5 Å². The van der Waals surface area contributed by atoms with Gasteiger partial charge in [0.15, 0.2) is 0 Å². The second-order valence-corrected chi connectivity index (χ2v) is 8.62. The van der Waals surface area contributed by atoms with Crippen LogP contribution >= 0.6 is 31.9 Å². The van der Waals surface area contributed by atoms with E-state index < -0.39 is 6.36 Å². The molecule has 1 aliphatic heterocycles. The molecule has 0 bridgehead atoms. The van der Waals surface area contributed by atoms with Crippen molar-refractivity contribution < 1.29 is 22.6 Å². The lowest BCUT2D eigenvalue weighted by molar-refractivity contribution is -0.274. The zero-order chi connectivity index (χ0) is 21.0. The largest absolute Gasteiger partial charge is 0.573 e. The van der Waals surface area contributed by atoms with Crippen LogP contribution in [0.2, 0.25) is 0 Å². The summed E-state index contributed by atoms with van der Waals surface area (Å²) in [6, 6.07) is 10.4. The van der Waals surface area contributed by atoms with Crippen LogP contribution in [0.1, 0.15) is 30.0 Å². The van der Waals surface area contributed by atoms with Gasteiger partial charge in [0.2, 0.25) is 0 Å². The van der Waals surface area contributed by atoms with E-state index in [0.717, 1.165) is 33.9 Å². The van der Waals surface area contributed by atoms with Gasteiger partial charge in [-0.05, 0) is 61.3 Å². The Kier molecular flexibility index (Phi) is 7.47. The van der Waals surface area contributed by atoms with Crippen LogP contribution in [0.3, 0.4) is 0 Å². The minimum atomic E-state index is -4.73. The Morgan fingerprint density at radius 3 is 2.52 bits per heavy atom. The number of ether oxygens (including phenoxy) is 2. The Hall–Kier alpha value is -1.29. The number of hydrogen-bond acceptors (Lipinski definition) is 4. The second kappa shape index (κ2) is 9.68. The molecular formula is C20H21Br2F3N2O2. The first-order valence-electron chi connectivity index (χ1n) is 9.10. The van der Waals surface area contributed by atoms with Crippen molar-refractivity contribution in [3.63, 3.8) is 0 Å². The fourth-order valence-electron chi connectivity index (χ4n) is 3.54. The van der Waals surface area contributed by atoms with Crippen LogP contribution in [0.25, 0.3) is 0 Å². The predicted octanol–water partition coefficient (Wildman–Crippen LogP) is 5.70. The molecule has 0 saturated carbocycles. The normalized spacial score (nSPS) is 19.8. The summed E-state index contributed by atoms with van der Waals surface area (Å²) in [6.45, 7) is 1.27. The topological polar surface area (TPSA) is 42.5 Å². The number of piperidine rings is 1. The summed E-state index contributed by atoms with van der Waals surface area (Å²) in [4.78, 5) is 0. The average Bonchev–Trinajstić information content (AvgIpc) is 2.64. The summed E-state index contributed by atoms with van der Waals surface area (Å²) in [6.07, 6.45) is -2.77. The zero-order valence-electron chi connectivity index (χ0n) is 15.7. The van der Waals surface area contributed by atoms with Gasteiger partial charge in [-0.1, -0.05) is 31.9 Å². The van der Waals surface area contributed by atoms with Gasteiger partial charge >= 0.3 is 6.36 Å². The third kappa shape index (κ3) is 6.34. The maximum absolute atomic E-state index is 12.6. The lowest BCUT2D eigenvalue weighted by atomic mass is 9.92. The summed E-state index contributed by atoms with van der Waals surface area (Å²) in [5.74, 6) is 0.252. The molecule has 9 heteroatoms. The van der Waals surface area contributed by atoms with Crippen LogP contribution in [0.4, 0.5) is 13.2 Å². The van der Waals surface area contributed by atoms with Crippen molar-refractivity contribution in [2.45, 2.75) is 37.8 Å². The number of rotatable bonds is 6. The first kappa shape index (κ1) is 22.4. The fourth-order valence-corrected chi connectivity index (χ4v) is 4.87. The fraction of sp³-hybridized carbons (Fsp3) is 0.400. The van der Waals surface area contributed by atoms with Crippen LogP contribution in [0.15, 0.2) is 45.3 Å². The van der Waals surface area contributed by atoms with E-state index in [1.165, 1.54) is 25.3 Å². The highest BCUT2D eigenvalue weighted by molar-refractivity contribution is 9.11. The summed E-state index contributed by atoms with van der Waals surface area (Å²) in [5.41, 5.74) is 1.73. The maximum atomic E-state index is 12.6. The van der Waals surface area contributed by atoms with Crippen molar-refractivity contribution in [1.29, 1.82) is 0 Å². The van der Waals surface area contributed by atoms with Gasteiger partial charge in [0.05, 0.1) is 7.11 Å². The highest BCUT2D eigenvalue weighted by atomic mass is 79.9. The monoisotopic (exact) mass is 536 g/mol. The zero-order valence-corrected chi connectivity index (χ0v) is 18.8. The second-order valence-electron chi connectivity index (χ2n) is 6.79. The van der Waals surface area contributed by atoms with Gasteiger partial charge in [-0.15, -0.1) is 13.2 Å². The Morgan fingerprint density at radius 1 is 1.14 bits per heavy atom. The molecule has 0 aliphatic carbocycles. The van der Waals surface area contributed by atoms with E-state index in [9.17, 15) is 13.2 Å². The van der Waals surface area contributed by atoms with E-state index in [2.05, 4.69) is 59.4 Å². The molecule has 0 unspecified atom stereocenters. The molecule has 2 aromatic rings. The number of halogens is 5. The Bertz CT molecular complexity index is 829. The molecule has 0 spiro atoms. The molecule has 1 aliphatic rings. The predicted molar refractivity (Wildman–Crippen MR) is 112 cm³/mol. The van der Waals surface area contributed by atoms with Crippen molar-refractivity contribution in [3.8, 4) is 11.5 Å². The van der Waals surface area contributed by atoms with Gasteiger partial charge in [0.25, 0.3) is 0 Å². The number of alkyl halides is 3. The number of hydrogen-bond donors (Lipinski definition) is 2. The quantitative estimate of drug-likeness (QED) is 0.496. The van der Waals surface area contributed by atoms with Gasteiger partial charge < -0.3 is 20.1 Å². The molecule has 2 aromatic carbocycles. The van der Waals surface area contributed by atoms with Crippen LogP contribution in [-0.4, -0.2) is 26.1 Å². The first-order valence-corrected chi connectivity index (χ1v) is 10.7. The highest BCUT2D eigenvalue weighted by Crippen LogP contribution is 2.31. The Balaban J connectivity index is 1.77.